The van der Waals surface area contributed by atoms with Crippen LogP contribution >= 0.6 is 0 Å². The molecule has 3 heteroatoms. The molecule has 0 amide bonds. The molecular formula is C36H27N3. The van der Waals surface area contributed by atoms with Crippen LogP contribution in [-0.2, 0) is 0 Å². The molecule has 0 aliphatic carbocycles. The van der Waals surface area contributed by atoms with Gasteiger partial charge in [0.15, 0.2) is 0 Å². The Morgan fingerprint density at radius 3 is 2.03 bits per heavy atom. The number of anilines is 1. The highest BCUT2D eigenvalue weighted by molar-refractivity contribution is 6.16. The summed E-state index contributed by atoms with van der Waals surface area (Å²) >= 11 is 0. The summed E-state index contributed by atoms with van der Waals surface area (Å²) in [5.41, 5.74) is 22.1. The SMILES string of the molecule is N/C=C\C=C(c1ccccc1)c1cc2c(cc1-c1ccccc1N)cc1c3ccccc3c3ccccc3n21. The van der Waals surface area contributed by atoms with Crippen LogP contribution < -0.4 is 11.5 Å². The van der Waals surface area contributed by atoms with E-state index < -0.39 is 0 Å². The van der Waals surface area contributed by atoms with Crippen molar-refractivity contribution in [2.24, 2.45) is 5.73 Å². The number of nitrogens with two attached hydrogens (primary N) is 2. The van der Waals surface area contributed by atoms with E-state index in [2.05, 4.69) is 108 Å². The number of nitrogen functional groups attached to an aromatic ring is 1. The molecule has 7 rings (SSSR count). The molecule has 2 aromatic heterocycles. The van der Waals surface area contributed by atoms with Crippen molar-refractivity contribution in [3.05, 3.63) is 151 Å². The number of pyridine rings is 1. The van der Waals surface area contributed by atoms with Crippen molar-refractivity contribution in [2.45, 2.75) is 0 Å². The fourth-order valence-electron chi connectivity index (χ4n) is 5.85. The summed E-state index contributed by atoms with van der Waals surface area (Å²) < 4.78 is 2.40. The van der Waals surface area contributed by atoms with Gasteiger partial charge in [-0.1, -0.05) is 97.1 Å². The van der Waals surface area contributed by atoms with Gasteiger partial charge in [0.05, 0.1) is 16.6 Å². The third-order valence-electron chi connectivity index (χ3n) is 7.58. The third kappa shape index (κ3) is 3.67. The quantitative estimate of drug-likeness (QED) is 0.144. The van der Waals surface area contributed by atoms with E-state index in [9.17, 15) is 0 Å². The largest absolute Gasteiger partial charge is 0.405 e. The maximum absolute atomic E-state index is 6.57. The number of allylic oxidation sites excluding steroid dienone is 2. The highest BCUT2D eigenvalue weighted by atomic mass is 14.9. The van der Waals surface area contributed by atoms with Gasteiger partial charge in [-0.2, -0.15) is 0 Å². The summed E-state index contributed by atoms with van der Waals surface area (Å²) in [7, 11) is 0. The highest BCUT2D eigenvalue weighted by Crippen LogP contribution is 2.41. The second kappa shape index (κ2) is 9.23. The maximum atomic E-state index is 6.57. The van der Waals surface area contributed by atoms with Crippen molar-refractivity contribution in [2.75, 3.05) is 5.73 Å². The van der Waals surface area contributed by atoms with E-state index in [0.29, 0.717) is 0 Å². The highest BCUT2D eigenvalue weighted by Gasteiger charge is 2.18. The summed E-state index contributed by atoms with van der Waals surface area (Å²) in [5.74, 6) is 0. The fraction of sp³-hybridized carbons (Fsp3) is 0. The van der Waals surface area contributed by atoms with Crippen LogP contribution in [0.15, 0.2) is 140 Å². The lowest BCUT2D eigenvalue weighted by Gasteiger charge is -2.17. The first-order valence-electron chi connectivity index (χ1n) is 13.1. The molecule has 186 valence electrons. The lowest BCUT2D eigenvalue weighted by atomic mass is 9.88. The van der Waals surface area contributed by atoms with Crippen LogP contribution in [0.2, 0.25) is 0 Å². The van der Waals surface area contributed by atoms with Crippen LogP contribution in [0.1, 0.15) is 11.1 Å². The van der Waals surface area contributed by atoms with E-state index in [1.54, 1.807) is 6.20 Å². The Morgan fingerprint density at radius 1 is 0.590 bits per heavy atom. The zero-order valence-electron chi connectivity index (χ0n) is 21.4. The standard InChI is InChI=1S/C36H27N3/c37-20-10-17-26(24-11-2-1-3-12-24)32-23-35-25(21-31(32)28-14-6-8-18-33(28)38)22-36-30-16-5-4-13-27(30)29-15-7-9-19-34(29)39(35)36/h1-23H,37-38H2/b20-10-,26-17?. The zero-order valence-corrected chi connectivity index (χ0v) is 21.4. The molecular weight excluding hydrogens is 474 g/mol. The Bertz CT molecular complexity index is 2080. The Morgan fingerprint density at radius 2 is 1.26 bits per heavy atom. The van der Waals surface area contributed by atoms with Crippen molar-refractivity contribution >= 4 is 49.4 Å². The van der Waals surface area contributed by atoms with Crippen LogP contribution in [0.5, 0.6) is 0 Å². The number of hydrogen-bond donors (Lipinski definition) is 2. The molecule has 5 aromatic carbocycles. The first-order chi connectivity index (χ1) is 19.2. The Labute approximate surface area is 226 Å². The Balaban J connectivity index is 1.67. The molecule has 2 heterocycles. The van der Waals surface area contributed by atoms with Crippen LogP contribution in [0.25, 0.3) is 54.8 Å². The zero-order chi connectivity index (χ0) is 26.3. The van der Waals surface area contributed by atoms with E-state index in [1.165, 1.54) is 32.6 Å². The van der Waals surface area contributed by atoms with Crippen LogP contribution in [0, 0.1) is 0 Å². The first kappa shape index (κ1) is 22.9. The molecule has 4 N–H and O–H groups in total. The lowest BCUT2D eigenvalue weighted by Crippen LogP contribution is -1.97. The van der Waals surface area contributed by atoms with Crippen molar-refractivity contribution in [1.29, 1.82) is 0 Å². The van der Waals surface area contributed by atoms with Gasteiger partial charge in [-0.25, -0.2) is 0 Å². The first-order valence-corrected chi connectivity index (χ1v) is 13.1. The number of benzene rings is 5. The second-order valence-electron chi connectivity index (χ2n) is 9.80. The normalized spacial score (nSPS) is 12.4. The minimum atomic E-state index is 0.750. The van der Waals surface area contributed by atoms with E-state index in [4.69, 9.17) is 11.5 Å². The molecule has 0 aliphatic heterocycles. The minimum Gasteiger partial charge on any atom is -0.405 e. The molecule has 0 fully saturated rings. The maximum Gasteiger partial charge on any atom is 0.0547 e. The molecule has 0 spiro atoms. The number of fused-ring (bicyclic) bond motifs is 8. The summed E-state index contributed by atoms with van der Waals surface area (Å²) in [4.78, 5) is 0. The molecule has 0 saturated heterocycles. The Kier molecular flexibility index (Phi) is 5.42. The number of hydrogen-bond acceptors (Lipinski definition) is 2. The monoisotopic (exact) mass is 501 g/mol. The number of rotatable bonds is 4. The third-order valence-corrected chi connectivity index (χ3v) is 7.58. The molecule has 0 bridgehead atoms. The van der Waals surface area contributed by atoms with Gasteiger partial charge in [0.25, 0.3) is 0 Å². The van der Waals surface area contributed by atoms with Crippen molar-refractivity contribution < 1.29 is 0 Å². The van der Waals surface area contributed by atoms with Crippen molar-refractivity contribution in [3.63, 3.8) is 0 Å². The summed E-state index contributed by atoms with van der Waals surface area (Å²) in [6.07, 6.45) is 5.55. The van der Waals surface area contributed by atoms with Gasteiger partial charge in [-0.3, -0.25) is 0 Å². The molecule has 7 aromatic rings. The fourth-order valence-corrected chi connectivity index (χ4v) is 5.85. The molecule has 0 radical (unpaired) electrons. The minimum absolute atomic E-state index is 0.750. The van der Waals surface area contributed by atoms with Crippen LogP contribution in [0.3, 0.4) is 0 Å². The molecule has 39 heavy (non-hydrogen) atoms. The van der Waals surface area contributed by atoms with Crippen molar-refractivity contribution in [3.8, 4) is 11.1 Å². The molecule has 0 atom stereocenters. The predicted octanol–water partition coefficient (Wildman–Crippen LogP) is 8.55. The lowest BCUT2D eigenvalue weighted by molar-refractivity contribution is 1.34. The summed E-state index contributed by atoms with van der Waals surface area (Å²) in [6, 6.07) is 42.8. The van der Waals surface area contributed by atoms with Crippen molar-refractivity contribution in [1.82, 2.24) is 4.40 Å². The van der Waals surface area contributed by atoms with Crippen LogP contribution in [0.4, 0.5) is 5.69 Å². The number of para-hydroxylation sites is 2. The van der Waals surface area contributed by atoms with Gasteiger partial charge >= 0.3 is 0 Å². The average molecular weight is 502 g/mol. The molecule has 0 unspecified atom stereocenters. The van der Waals surface area contributed by atoms with Gasteiger partial charge in [0.1, 0.15) is 0 Å². The number of nitrogens with zero attached hydrogens (tertiary/aromatic N) is 1. The average Bonchev–Trinajstić information content (AvgIpc) is 3.37. The van der Waals surface area contributed by atoms with E-state index in [1.807, 2.05) is 30.3 Å². The van der Waals surface area contributed by atoms with Gasteiger partial charge in [-0.05, 0) is 70.3 Å². The second-order valence-corrected chi connectivity index (χ2v) is 9.80. The predicted molar refractivity (Wildman–Crippen MR) is 167 cm³/mol. The Hall–Kier alpha value is -5.28. The summed E-state index contributed by atoms with van der Waals surface area (Å²) in [6.45, 7) is 0. The molecule has 0 saturated carbocycles. The smallest absolute Gasteiger partial charge is 0.0547 e. The summed E-state index contributed by atoms with van der Waals surface area (Å²) in [5, 5.41) is 4.90. The number of aromatic nitrogens is 1. The van der Waals surface area contributed by atoms with E-state index >= 15 is 0 Å². The van der Waals surface area contributed by atoms with Gasteiger partial charge in [0.2, 0.25) is 0 Å². The molecule has 0 aliphatic rings. The van der Waals surface area contributed by atoms with Crippen LogP contribution in [-0.4, -0.2) is 4.40 Å². The topological polar surface area (TPSA) is 56.5 Å². The van der Waals surface area contributed by atoms with Gasteiger partial charge in [-0.15, -0.1) is 0 Å². The van der Waals surface area contributed by atoms with E-state index in [-0.39, 0.29) is 0 Å². The van der Waals surface area contributed by atoms with E-state index in [0.717, 1.165) is 39.0 Å². The molecule has 3 nitrogen and oxygen atoms in total. The van der Waals surface area contributed by atoms with Gasteiger partial charge < -0.3 is 15.9 Å². The van der Waals surface area contributed by atoms with Gasteiger partial charge in [0, 0.05) is 27.4 Å².